The van der Waals surface area contributed by atoms with Gasteiger partial charge in [0.2, 0.25) is 0 Å². The lowest BCUT2D eigenvalue weighted by Crippen LogP contribution is -2.15. The van der Waals surface area contributed by atoms with Gasteiger partial charge in [-0.15, -0.1) is 0 Å². The maximum atomic E-state index is 6.53. The largest absolute Gasteiger partial charge is 0.460 e. The normalized spacial score (nSPS) is 10.6. The summed E-state index contributed by atoms with van der Waals surface area (Å²) in [5.74, 6) is 1.88. The molecule has 3 nitrogen and oxygen atoms in total. The summed E-state index contributed by atoms with van der Waals surface area (Å²) < 4.78 is 12.6. The van der Waals surface area contributed by atoms with Crippen molar-refractivity contribution in [2.75, 3.05) is 5.73 Å². The Kier molecular flexibility index (Phi) is 5.56. The number of hydrogen-bond donors (Lipinski definition) is 1. The SMILES string of the molecule is Nc1cccc(OP(c2ccccc2)c2ccccc2)c1Oc1ccccc1. The first kappa shape index (κ1) is 18.1. The van der Waals surface area contributed by atoms with Crippen molar-refractivity contribution in [1.29, 1.82) is 0 Å². The summed E-state index contributed by atoms with van der Waals surface area (Å²) in [6.45, 7) is 0. The Morgan fingerprint density at radius 1 is 0.571 bits per heavy atom. The number of rotatable bonds is 6. The van der Waals surface area contributed by atoms with Crippen LogP contribution in [0.2, 0.25) is 0 Å². The van der Waals surface area contributed by atoms with Crippen molar-refractivity contribution in [3.05, 3.63) is 109 Å². The predicted octanol–water partition coefficient (Wildman–Crippen LogP) is 5.49. The third-order valence-electron chi connectivity index (χ3n) is 4.14. The lowest BCUT2D eigenvalue weighted by molar-refractivity contribution is 0.459. The Morgan fingerprint density at radius 3 is 1.68 bits per heavy atom. The first-order valence-electron chi connectivity index (χ1n) is 9.01. The molecule has 0 aromatic heterocycles. The Bertz CT molecular complexity index is 985. The molecule has 28 heavy (non-hydrogen) atoms. The molecule has 0 spiro atoms. The molecule has 0 heterocycles. The molecule has 4 heteroatoms. The fraction of sp³-hybridized carbons (Fsp3) is 0. The van der Waals surface area contributed by atoms with Crippen molar-refractivity contribution in [1.82, 2.24) is 0 Å². The molecular formula is C24H20NO2P. The molecule has 4 aromatic rings. The van der Waals surface area contributed by atoms with E-state index in [0.29, 0.717) is 22.9 Å². The Labute approximate surface area is 166 Å². The van der Waals surface area contributed by atoms with Gasteiger partial charge < -0.3 is 15.0 Å². The first-order chi connectivity index (χ1) is 13.8. The lowest BCUT2D eigenvalue weighted by Gasteiger charge is -2.21. The number of benzene rings is 4. The highest BCUT2D eigenvalue weighted by molar-refractivity contribution is 7.68. The molecule has 0 aliphatic heterocycles. The van der Waals surface area contributed by atoms with Gasteiger partial charge in [0.15, 0.2) is 19.6 Å². The second kappa shape index (κ2) is 8.60. The van der Waals surface area contributed by atoms with Crippen LogP contribution in [0.15, 0.2) is 109 Å². The van der Waals surface area contributed by atoms with Gasteiger partial charge in [0.05, 0.1) is 5.69 Å². The minimum Gasteiger partial charge on any atom is -0.460 e. The topological polar surface area (TPSA) is 44.5 Å². The van der Waals surface area contributed by atoms with Gasteiger partial charge in [0.1, 0.15) is 5.75 Å². The third-order valence-corrected chi connectivity index (χ3v) is 6.06. The van der Waals surface area contributed by atoms with Gasteiger partial charge >= 0.3 is 0 Å². The van der Waals surface area contributed by atoms with E-state index in [1.807, 2.05) is 84.9 Å². The molecule has 4 rings (SSSR count). The van der Waals surface area contributed by atoms with Gasteiger partial charge in [-0.3, -0.25) is 0 Å². The van der Waals surface area contributed by atoms with Crippen LogP contribution in [0.3, 0.4) is 0 Å². The van der Waals surface area contributed by atoms with E-state index in [9.17, 15) is 0 Å². The van der Waals surface area contributed by atoms with Crippen LogP contribution in [0.4, 0.5) is 5.69 Å². The molecule has 0 radical (unpaired) electrons. The zero-order valence-electron chi connectivity index (χ0n) is 15.2. The van der Waals surface area contributed by atoms with E-state index in [1.54, 1.807) is 0 Å². The average Bonchev–Trinajstić information content (AvgIpc) is 2.76. The number of nitrogens with two attached hydrogens (primary N) is 1. The molecule has 0 aliphatic carbocycles. The van der Waals surface area contributed by atoms with Crippen LogP contribution in [0.5, 0.6) is 17.2 Å². The zero-order valence-corrected chi connectivity index (χ0v) is 16.1. The van der Waals surface area contributed by atoms with E-state index in [-0.39, 0.29) is 0 Å². The highest BCUT2D eigenvalue weighted by Crippen LogP contribution is 2.44. The van der Waals surface area contributed by atoms with Crippen LogP contribution in [-0.2, 0) is 0 Å². The first-order valence-corrected chi connectivity index (χ1v) is 10.3. The van der Waals surface area contributed by atoms with Gasteiger partial charge in [-0.1, -0.05) is 84.9 Å². The molecular weight excluding hydrogens is 365 g/mol. The van der Waals surface area contributed by atoms with Gasteiger partial charge in [0, 0.05) is 10.6 Å². The molecule has 4 aromatic carbocycles. The summed E-state index contributed by atoms with van der Waals surface area (Å²) in [6.07, 6.45) is 0. The maximum Gasteiger partial charge on any atom is 0.192 e. The minimum absolute atomic E-state index is 0.535. The fourth-order valence-corrected chi connectivity index (χ4v) is 4.54. The van der Waals surface area contributed by atoms with Crippen LogP contribution in [0.25, 0.3) is 0 Å². The Morgan fingerprint density at radius 2 is 1.11 bits per heavy atom. The Hall–Kier alpha value is -3.29. The van der Waals surface area contributed by atoms with Crippen LogP contribution >= 0.6 is 8.15 Å². The third kappa shape index (κ3) is 4.16. The van der Waals surface area contributed by atoms with Gasteiger partial charge in [0.25, 0.3) is 0 Å². The van der Waals surface area contributed by atoms with Crippen LogP contribution in [-0.4, -0.2) is 0 Å². The fourth-order valence-electron chi connectivity index (χ4n) is 2.80. The summed E-state index contributed by atoms with van der Waals surface area (Å²) >= 11 is 0. The Balaban J connectivity index is 1.72. The quantitative estimate of drug-likeness (QED) is 0.353. The summed E-state index contributed by atoms with van der Waals surface area (Å²) in [5, 5.41) is 2.24. The van der Waals surface area contributed by atoms with Gasteiger partial charge in [-0.05, 0) is 24.3 Å². The zero-order chi connectivity index (χ0) is 19.2. The highest BCUT2D eigenvalue weighted by atomic mass is 31.1. The predicted molar refractivity (Wildman–Crippen MR) is 117 cm³/mol. The molecule has 0 amide bonds. The average molecular weight is 385 g/mol. The lowest BCUT2D eigenvalue weighted by atomic mass is 10.2. The highest BCUT2D eigenvalue weighted by Gasteiger charge is 2.20. The standard InChI is InChI=1S/C24H20NO2P/c25-22-17-10-18-23(24(22)26-19-11-4-1-5-12-19)27-28(20-13-6-2-7-14-20)21-15-8-3-9-16-21/h1-18H,25H2. The molecule has 0 fully saturated rings. The molecule has 0 unspecified atom stereocenters. The van der Waals surface area contributed by atoms with Gasteiger partial charge in [-0.2, -0.15) is 0 Å². The molecule has 2 N–H and O–H groups in total. The number of ether oxygens (including phenoxy) is 1. The number of para-hydroxylation sites is 2. The number of nitrogen functional groups attached to an aromatic ring is 1. The minimum atomic E-state index is -1.07. The maximum absolute atomic E-state index is 6.53. The van der Waals surface area contributed by atoms with Crippen molar-refractivity contribution < 1.29 is 9.26 Å². The summed E-state index contributed by atoms with van der Waals surface area (Å²) in [4.78, 5) is 0. The van der Waals surface area contributed by atoms with Crippen LogP contribution in [0.1, 0.15) is 0 Å². The summed E-state index contributed by atoms with van der Waals surface area (Å²) in [7, 11) is -1.07. The molecule has 0 saturated carbocycles. The second-order valence-electron chi connectivity index (χ2n) is 6.15. The van der Waals surface area contributed by atoms with E-state index in [2.05, 4.69) is 24.3 Å². The van der Waals surface area contributed by atoms with Crippen molar-refractivity contribution in [2.45, 2.75) is 0 Å². The number of anilines is 1. The molecule has 138 valence electrons. The second-order valence-corrected chi connectivity index (χ2v) is 7.95. The number of hydrogen-bond acceptors (Lipinski definition) is 3. The monoisotopic (exact) mass is 385 g/mol. The summed E-state index contributed by atoms with van der Waals surface area (Å²) in [6, 6.07) is 35.6. The van der Waals surface area contributed by atoms with Crippen molar-refractivity contribution in [2.24, 2.45) is 0 Å². The van der Waals surface area contributed by atoms with Crippen molar-refractivity contribution >= 4 is 24.4 Å². The van der Waals surface area contributed by atoms with Crippen molar-refractivity contribution in [3.8, 4) is 17.2 Å². The summed E-state index contributed by atoms with van der Waals surface area (Å²) in [5.41, 5.74) is 6.76. The van der Waals surface area contributed by atoms with E-state index in [0.717, 1.165) is 10.6 Å². The van der Waals surface area contributed by atoms with E-state index in [1.165, 1.54) is 0 Å². The van der Waals surface area contributed by atoms with Crippen LogP contribution < -0.4 is 25.6 Å². The van der Waals surface area contributed by atoms with E-state index < -0.39 is 8.15 Å². The van der Waals surface area contributed by atoms with Crippen molar-refractivity contribution in [3.63, 3.8) is 0 Å². The van der Waals surface area contributed by atoms with Crippen LogP contribution in [0, 0.1) is 0 Å². The van der Waals surface area contributed by atoms with E-state index >= 15 is 0 Å². The van der Waals surface area contributed by atoms with Gasteiger partial charge in [-0.25, -0.2) is 0 Å². The smallest absolute Gasteiger partial charge is 0.192 e. The molecule has 0 aliphatic rings. The van der Waals surface area contributed by atoms with E-state index in [4.69, 9.17) is 15.0 Å². The molecule has 0 atom stereocenters. The molecule has 0 bridgehead atoms. The molecule has 0 saturated heterocycles.